The number of hydrogen-bond acceptors (Lipinski definition) is 10. The highest BCUT2D eigenvalue weighted by Gasteiger charge is 2.19. The molecule has 0 bridgehead atoms. The van der Waals surface area contributed by atoms with Crippen LogP contribution in [0, 0.1) is 10.1 Å². The summed E-state index contributed by atoms with van der Waals surface area (Å²) in [7, 11) is 1.58. The number of rotatable bonds is 15. The van der Waals surface area contributed by atoms with Gasteiger partial charge in [-0.3, -0.25) is 0 Å². The number of H-pyrrole nitrogens is 1. The van der Waals surface area contributed by atoms with E-state index in [9.17, 15) is 14.9 Å². The van der Waals surface area contributed by atoms with Gasteiger partial charge in [0.2, 0.25) is 0 Å². The molecule has 1 aromatic heterocycles. The van der Waals surface area contributed by atoms with Gasteiger partial charge in [0.05, 0.1) is 12.6 Å². The van der Waals surface area contributed by atoms with Crippen LogP contribution < -0.4 is 24.3 Å². The van der Waals surface area contributed by atoms with Crippen molar-refractivity contribution in [3.05, 3.63) is 107 Å². The third-order valence-corrected chi connectivity index (χ3v) is 6.62. The molecule has 12 heteroatoms. The topological polar surface area (TPSA) is 143 Å². The lowest BCUT2D eigenvalue weighted by Crippen LogP contribution is -2.37. The fraction of sp³-hybridized carbons (Fsp3) is 0.219. The van der Waals surface area contributed by atoms with Crippen LogP contribution in [0.1, 0.15) is 5.56 Å². The average molecular weight is 602 g/mol. The Morgan fingerprint density at radius 1 is 0.886 bits per heavy atom. The largest absolute Gasteiger partial charge is 0.514 e. The Morgan fingerprint density at radius 2 is 1.61 bits per heavy atom. The molecule has 5 rings (SSSR count). The molecule has 12 nitrogen and oxygen atoms in total. The van der Waals surface area contributed by atoms with E-state index in [0.717, 1.165) is 21.8 Å². The molecule has 228 valence electrons. The lowest BCUT2D eigenvalue weighted by Gasteiger charge is -2.19. The summed E-state index contributed by atoms with van der Waals surface area (Å²) in [6, 6.07) is 27.2. The number of nitrogens with one attached hydrogen (secondary N) is 2. The highest BCUT2D eigenvalue weighted by atomic mass is 16.9. The molecule has 5 aromatic rings. The third kappa shape index (κ3) is 7.86. The molecule has 0 aliphatic heterocycles. The third-order valence-electron chi connectivity index (χ3n) is 6.62. The molecule has 1 unspecified atom stereocenters. The molecular formula is C32H31N3O9. The SMILES string of the molecule is COc1ccccc1OCCNCC(COc1cccc2[nH]c3ccccc3c12)OC(=O)Oc1ccc(CO[N+](=O)[O-])cc1. The normalized spacial score (nSPS) is 11.6. The predicted octanol–water partition coefficient (Wildman–Crippen LogP) is 5.67. The van der Waals surface area contributed by atoms with Crippen molar-refractivity contribution >= 4 is 28.0 Å². The van der Waals surface area contributed by atoms with Crippen LogP contribution in [0.3, 0.4) is 0 Å². The maximum atomic E-state index is 12.7. The molecule has 0 aliphatic rings. The Balaban J connectivity index is 1.22. The molecule has 0 radical (unpaired) electrons. The van der Waals surface area contributed by atoms with Crippen molar-refractivity contribution in [2.75, 3.05) is 33.4 Å². The summed E-state index contributed by atoms with van der Waals surface area (Å²) in [5.41, 5.74) is 2.46. The molecular weight excluding hydrogens is 570 g/mol. The summed E-state index contributed by atoms with van der Waals surface area (Å²) in [6.07, 6.45) is -1.65. The zero-order chi connectivity index (χ0) is 30.7. The molecule has 1 heterocycles. The van der Waals surface area contributed by atoms with Gasteiger partial charge >= 0.3 is 6.16 Å². The van der Waals surface area contributed by atoms with Gasteiger partial charge in [-0.25, -0.2) is 4.79 Å². The second-order valence-corrected chi connectivity index (χ2v) is 9.60. The van der Waals surface area contributed by atoms with Crippen LogP contribution in [-0.2, 0) is 16.2 Å². The smallest absolute Gasteiger partial charge is 0.493 e. The Kier molecular flexibility index (Phi) is 9.95. The number of methoxy groups -OCH3 is 1. The number of carbonyl (C=O) groups is 1. The first-order valence-electron chi connectivity index (χ1n) is 13.8. The monoisotopic (exact) mass is 601 g/mol. The fourth-order valence-electron chi connectivity index (χ4n) is 4.58. The molecule has 0 fully saturated rings. The number of hydrogen-bond donors (Lipinski definition) is 2. The van der Waals surface area contributed by atoms with Crippen LogP contribution >= 0.6 is 0 Å². The van der Waals surface area contributed by atoms with Gasteiger partial charge in [0.1, 0.15) is 31.3 Å². The molecule has 0 spiro atoms. The lowest BCUT2D eigenvalue weighted by molar-refractivity contribution is -0.763. The van der Waals surface area contributed by atoms with Crippen molar-refractivity contribution in [1.29, 1.82) is 0 Å². The minimum Gasteiger partial charge on any atom is -0.493 e. The molecule has 0 amide bonds. The maximum absolute atomic E-state index is 12.7. The van der Waals surface area contributed by atoms with Gasteiger partial charge in [0.25, 0.3) is 5.09 Å². The Morgan fingerprint density at radius 3 is 2.41 bits per heavy atom. The second kappa shape index (κ2) is 14.6. The van der Waals surface area contributed by atoms with E-state index >= 15 is 0 Å². The summed E-state index contributed by atoms with van der Waals surface area (Å²) >= 11 is 0. The van der Waals surface area contributed by atoms with Crippen LogP contribution in [0.25, 0.3) is 21.8 Å². The summed E-state index contributed by atoms with van der Waals surface area (Å²) in [4.78, 5) is 30.9. The maximum Gasteiger partial charge on any atom is 0.514 e. The lowest BCUT2D eigenvalue weighted by atomic mass is 10.1. The van der Waals surface area contributed by atoms with Gasteiger partial charge in [-0.1, -0.05) is 48.5 Å². The van der Waals surface area contributed by atoms with E-state index in [4.69, 9.17) is 23.7 Å². The van der Waals surface area contributed by atoms with E-state index in [2.05, 4.69) is 15.1 Å². The van der Waals surface area contributed by atoms with Crippen LogP contribution in [0.15, 0.2) is 91.0 Å². The Bertz CT molecular complexity index is 1700. The van der Waals surface area contributed by atoms with Crippen molar-refractivity contribution in [3.8, 4) is 23.0 Å². The van der Waals surface area contributed by atoms with Gasteiger partial charge in [0.15, 0.2) is 17.6 Å². The number of aromatic amines is 1. The standard InChI is InChI=1S/C32H31N3O9/c1-39-28-10-4-5-11-29(28)40-18-17-33-19-24(44-32(36)43-23-15-13-22(14-16-23)20-42-35(37)38)21-41-30-12-6-9-27-31(30)25-7-2-3-8-26(25)34-27/h2-16,24,33-34H,17-21H2,1H3. The van der Waals surface area contributed by atoms with Gasteiger partial charge in [-0.15, -0.1) is 10.1 Å². The first-order chi connectivity index (χ1) is 21.5. The number of nitrogens with zero attached hydrogens (tertiary/aromatic N) is 1. The van der Waals surface area contributed by atoms with Crippen LogP contribution in [-0.4, -0.2) is 55.7 Å². The molecule has 2 N–H and O–H groups in total. The summed E-state index contributed by atoms with van der Waals surface area (Å²) in [6.45, 7) is 0.891. The number of aromatic nitrogens is 1. The van der Waals surface area contributed by atoms with Crippen LogP contribution in [0.4, 0.5) is 4.79 Å². The number of fused-ring (bicyclic) bond motifs is 3. The van der Waals surface area contributed by atoms with E-state index in [0.29, 0.717) is 36.0 Å². The van der Waals surface area contributed by atoms with Gasteiger partial charge in [-0.05, 0) is 48.0 Å². The summed E-state index contributed by atoms with van der Waals surface area (Å²) < 4.78 is 28.3. The zero-order valence-corrected chi connectivity index (χ0v) is 23.9. The molecule has 0 saturated heterocycles. The predicted molar refractivity (Wildman–Crippen MR) is 162 cm³/mol. The van der Waals surface area contributed by atoms with Crippen LogP contribution in [0.2, 0.25) is 0 Å². The zero-order valence-electron chi connectivity index (χ0n) is 23.9. The number of carbonyl (C=O) groups excluding carboxylic acids is 1. The van der Waals surface area contributed by atoms with Crippen molar-refractivity contribution in [3.63, 3.8) is 0 Å². The fourth-order valence-corrected chi connectivity index (χ4v) is 4.58. The van der Waals surface area contributed by atoms with Gasteiger partial charge in [-0.2, -0.15) is 0 Å². The van der Waals surface area contributed by atoms with Gasteiger partial charge in [0, 0.05) is 29.4 Å². The second-order valence-electron chi connectivity index (χ2n) is 9.60. The molecule has 0 saturated carbocycles. The van der Waals surface area contributed by atoms with Crippen molar-refractivity contribution in [2.45, 2.75) is 12.7 Å². The minimum absolute atomic E-state index is 0.0469. The first-order valence-corrected chi connectivity index (χ1v) is 13.8. The van der Waals surface area contributed by atoms with Crippen molar-refractivity contribution < 1.29 is 38.4 Å². The van der Waals surface area contributed by atoms with E-state index in [1.807, 2.05) is 66.7 Å². The summed E-state index contributed by atoms with van der Waals surface area (Å²) in [5.74, 6) is 2.11. The number of benzene rings is 4. The van der Waals surface area contributed by atoms with E-state index in [1.54, 1.807) is 19.2 Å². The highest BCUT2D eigenvalue weighted by molar-refractivity contribution is 6.10. The highest BCUT2D eigenvalue weighted by Crippen LogP contribution is 2.33. The minimum atomic E-state index is -0.926. The van der Waals surface area contributed by atoms with Crippen LogP contribution in [0.5, 0.6) is 23.0 Å². The quantitative estimate of drug-likeness (QED) is 0.0506. The molecule has 44 heavy (non-hydrogen) atoms. The summed E-state index contributed by atoms with van der Waals surface area (Å²) in [5, 5.41) is 14.7. The first kappa shape index (κ1) is 30.0. The molecule has 1 atom stereocenters. The Labute approximate surface area is 252 Å². The van der Waals surface area contributed by atoms with Crippen molar-refractivity contribution in [1.82, 2.24) is 10.3 Å². The molecule has 0 aliphatic carbocycles. The number of ether oxygens (including phenoxy) is 5. The van der Waals surface area contributed by atoms with E-state index in [-0.39, 0.29) is 25.5 Å². The van der Waals surface area contributed by atoms with Crippen molar-refractivity contribution in [2.24, 2.45) is 0 Å². The van der Waals surface area contributed by atoms with E-state index in [1.165, 1.54) is 12.1 Å². The van der Waals surface area contributed by atoms with E-state index < -0.39 is 17.3 Å². The average Bonchev–Trinajstić information content (AvgIpc) is 3.42. The molecule has 4 aromatic carbocycles. The van der Waals surface area contributed by atoms with Gasteiger partial charge < -0.3 is 38.8 Å². The Hall–Kier alpha value is -5.49. The number of para-hydroxylation sites is 3.